The van der Waals surface area contributed by atoms with E-state index in [4.69, 9.17) is 0 Å². The van der Waals surface area contributed by atoms with Crippen LogP contribution in [0, 0.1) is 5.92 Å². The van der Waals surface area contributed by atoms with E-state index in [0.29, 0.717) is 0 Å². The van der Waals surface area contributed by atoms with Crippen molar-refractivity contribution in [3.63, 3.8) is 0 Å². The summed E-state index contributed by atoms with van der Waals surface area (Å²) in [5.74, 6) is 1.60. The highest BCUT2D eigenvalue weighted by Crippen LogP contribution is 2.38. The van der Waals surface area contributed by atoms with Gasteiger partial charge in [0.25, 0.3) is 0 Å². The predicted octanol–water partition coefficient (Wildman–Crippen LogP) is 10.8. The number of nitrogens with one attached hydrogen (secondary N) is 2. The van der Waals surface area contributed by atoms with Crippen LogP contribution in [0.4, 0.5) is 17.1 Å². The van der Waals surface area contributed by atoms with E-state index in [-0.39, 0.29) is 0 Å². The molecule has 1 saturated carbocycles. The second-order valence-corrected chi connectivity index (χ2v) is 9.32. The minimum absolute atomic E-state index is 0.734. The van der Waals surface area contributed by atoms with Crippen LogP contribution in [-0.4, -0.2) is 0 Å². The molecule has 2 aromatic carbocycles. The van der Waals surface area contributed by atoms with Gasteiger partial charge in [0.2, 0.25) is 0 Å². The first kappa shape index (κ1) is 30.3. The van der Waals surface area contributed by atoms with E-state index in [9.17, 15) is 0 Å². The van der Waals surface area contributed by atoms with E-state index in [1.165, 1.54) is 36.8 Å². The molecule has 0 saturated heterocycles. The SMILES string of the molecule is C=C(Nc1cc(CC)cc(Nc2ccc(C3CCC(C)C3)cc2)c1)/C(C)=C\C=C/C.CC.CCC. The normalized spacial score (nSPS) is 17.2. The number of hydrogen-bond acceptors (Lipinski definition) is 2. The maximum Gasteiger partial charge on any atom is 0.0407 e. The van der Waals surface area contributed by atoms with Crippen molar-refractivity contribution in [1.82, 2.24) is 0 Å². The summed E-state index contributed by atoms with van der Waals surface area (Å²) in [4.78, 5) is 0. The predicted molar refractivity (Wildman–Crippen MR) is 160 cm³/mol. The van der Waals surface area contributed by atoms with Crippen LogP contribution in [0.5, 0.6) is 0 Å². The third kappa shape index (κ3) is 10.6. The van der Waals surface area contributed by atoms with E-state index in [1.54, 1.807) is 0 Å². The summed E-state index contributed by atoms with van der Waals surface area (Å²) in [5.41, 5.74) is 8.11. The Morgan fingerprint density at radius 1 is 0.971 bits per heavy atom. The lowest BCUT2D eigenvalue weighted by atomic mass is 9.96. The number of allylic oxidation sites excluding steroid dienone is 4. The summed E-state index contributed by atoms with van der Waals surface area (Å²) in [6, 6.07) is 15.6. The molecular formula is C33H50N2. The van der Waals surface area contributed by atoms with Gasteiger partial charge in [-0.1, -0.05) is 91.3 Å². The largest absolute Gasteiger partial charge is 0.356 e. The van der Waals surface area contributed by atoms with Gasteiger partial charge in [-0.15, -0.1) is 0 Å². The van der Waals surface area contributed by atoms with Crippen molar-refractivity contribution in [3.05, 3.63) is 89.7 Å². The maximum absolute atomic E-state index is 4.19. The molecule has 2 aromatic rings. The van der Waals surface area contributed by atoms with Crippen molar-refractivity contribution in [1.29, 1.82) is 0 Å². The number of aryl methyl sites for hydroxylation is 1. The molecule has 0 heterocycles. The molecule has 1 aliphatic carbocycles. The van der Waals surface area contributed by atoms with Gasteiger partial charge in [0.05, 0.1) is 0 Å². The van der Waals surface area contributed by atoms with Gasteiger partial charge in [-0.3, -0.25) is 0 Å². The molecule has 0 aliphatic heterocycles. The summed E-state index contributed by atoms with van der Waals surface area (Å²) < 4.78 is 0. The Bertz CT molecular complexity index is 934. The first-order valence-electron chi connectivity index (χ1n) is 13.7. The summed E-state index contributed by atoms with van der Waals surface area (Å²) in [7, 11) is 0. The molecule has 0 radical (unpaired) electrons. The van der Waals surface area contributed by atoms with Gasteiger partial charge in [-0.2, -0.15) is 0 Å². The molecule has 2 heteroatoms. The molecule has 1 aliphatic rings. The lowest BCUT2D eigenvalue weighted by Crippen LogP contribution is -2.01. The molecule has 2 nitrogen and oxygen atoms in total. The summed E-state index contributed by atoms with van der Waals surface area (Å²) in [6.07, 6.45) is 12.4. The quantitative estimate of drug-likeness (QED) is 0.372. The van der Waals surface area contributed by atoms with Crippen LogP contribution in [0.2, 0.25) is 0 Å². The van der Waals surface area contributed by atoms with Crippen molar-refractivity contribution in [2.75, 3.05) is 10.6 Å². The Labute approximate surface area is 216 Å². The molecule has 1 fully saturated rings. The zero-order chi connectivity index (χ0) is 26.2. The summed E-state index contributed by atoms with van der Waals surface area (Å²) in [5, 5.41) is 7.05. The van der Waals surface area contributed by atoms with Crippen LogP contribution in [-0.2, 0) is 6.42 Å². The minimum atomic E-state index is 0.734. The Kier molecular flexibility index (Phi) is 14.6. The second kappa shape index (κ2) is 16.8. The fraction of sp³-hybridized carbons (Fsp3) is 0.455. The van der Waals surface area contributed by atoms with Gasteiger partial charge >= 0.3 is 0 Å². The first-order valence-corrected chi connectivity index (χ1v) is 13.7. The lowest BCUT2D eigenvalue weighted by molar-refractivity contribution is 0.596. The maximum atomic E-state index is 4.19. The van der Waals surface area contributed by atoms with Crippen LogP contribution in [0.15, 0.2) is 78.5 Å². The second-order valence-electron chi connectivity index (χ2n) is 9.32. The van der Waals surface area contributed by atoms with Crippen LogP contribution in [0.25, 0.3) is 0 Å². The van der Waals surface area contributed by atoms with Gasteiger partial charge in [0.1, 0.15) is 0 Å². The summed E-state index contributed by atoms with van der Waals surface area (Å²) in [6.45, 7) is 21.1. The van der Waals surface area contributed by atoms with Crippen molar-refractivity contribution in [3.8, 4) is 0 Å². The Morgan fingerprint density at radius 2 is 1.60 bits per heavy atom. The van der Waals surface area contributed by atoms with Gasteiger partial charge in [0.15, 0.2) is 0 Å². The van der Waals surface area contributed by atoms with Gasteiger partial charge in [0, 0.05) is 22.8 Å². The zero-order valence-electron chi connectivity index (χ0n) is 23.7. The molecular weight excluding hydrogens is 424 g/mol. The topological polar surface area (TPSA) is 24.1 Å². The van der Waals surface area contributed by atoms with E-state index >= 15 is 0 Å². The molecule has 192 valence electrons. The average Bonchev–Trinajstić information content (AvgIpc) is 3.30. The van der Waals surface area contributed by atoms with Gasteiger partial charge < -0.3 is 10.6 Å². The van der Waals surface area contributed by atoms with Crippen molar-refractivity contribution < 1.29 is 0 Å². The molecule has 0 spiro atoms. The lowest BCUT2D eigenvalue weighted by Gasteiger charge is -2.15. The molecule has 0 aromatic heterocycles. The van der Waals surface area contributed by atoms with Crippen LogP contribution < -0.4 is 10.6 Å². The van der Waals surface area contributed by atoms with E-state index in [2.05, 4.69) is 100 Å². The monoisotopic (exact) mass is 474 g/mol. The smallest absolute Gasteiger partial charge is 0.0407 e. The van der Waals surface area contributed by atoms with Crippen LogP contribution in [0.3, 0.4) is 0 Å². The standard InChI is InChI=1S/C28H36N2.C3H8.C2H6/c1-6-8-9-21(4)22(5)29-27-17-23(7-2)18-28(19-27)30-26-14-12-24(13-15-26)25-11-10-20(3)16-25;1-3-2;1-2/h6,8-9,12-15,17-20,25,29-30H,5,7,10-11,16H2,1-4H3;3H2,1-2H3;1-2H3/b8-6-,21-9-;;. The first-order chi connectivity index (χ1) is 16.9. The van der Waals surface area contributed by atoms with Gasteiger partial charge in [-0.25, -0.2) is 0 Å². The molecule has 2 unspecified atom stereocenters. The molecule has 0 amide bonds. The molecule has 2 atom stereocenters. The molecule has 35 heavy (non-hydrogen) atoms. The van der Waals surface area contributed by atoms with Crippen molar-refractivity contribution in [2.45, 2.75) is 93.4 Å². The fourth-order valence-corrected chi connectivity index (χ4v) is 4.17. The number of benzene rings is 2. The Balaban J connectivity index is 0.00000114. The van der Waals surface area contributed by atoms with Crippen LogP contribution in [0.1, 0.15) is 98.1 Å². The highest BCUT2D eigenvalue weighted by atomic mass is 14.9. The van der Waals surface area contributed by atoms with Crippen molar-refractivity contribution >= 4 is 17.1 Å². The van der Waals surface area contributed by atoms with Gasteiger partial charge in [-0.05, 0) is 92.0 Å². The van der Waals surface area contributed by atoms with E-state index in [1.807, 2.05) is 32.9 Å². The van der Waals surface area contributed by atoms with E-state index in [0.717, 1.165) is 46.6 Å². The molecule has 2 N–H and O–H groups in total. The number of anilines is 3. The minimum Gasteiger partial charge on any atom is -0.356 e. The highest BCUT2D eigenvalue weighted by Gasteiger charge is 2.22. The molecule has 0 bridgehead atoms. The fourth-order valence-electron chi connectivity index (χ4n) is 4.17. The summed E-state index contributed by atoms with van der Waals surface area (Å²) >= 11 is 0. The van der Waals surface area contributed by atoms with Crippen molar-refractivity contribution in [2.24, 2.45) is 5.92 Å². The number of rotatable bonds is 8. The average molecular weight is 475 g/mol. The van der Waals surface area contributed by atoms with Crippen LogP contribution >= 0.6 is 0 Å². The Hall–Kier alpha value is -2.74. The highest BCUT2D eigenvalue weighted by molar-refractivity contribution is 5.68. The Morgan fingerprint density at radius 3 is 2.14 bits per heavy atom. The van der Waals surface area contributed by atoms with E-state index < -0.39 is 0 Å². The molecule has 3 rings (SSSR count). The third-order valence-corrected chi connectivity index (χ3v) is 6.08. The third-order valence-electron chi connectivity index (χ3n) is 6.08. The number of hydrogen-bond donors (Lipinski definition) is 2. The zero-order valence-corrected chi connectivity index (χ0v) is 23.7.